The number of benzene rings is 3. The van der Waals surface area contributed by atoms with Gasteiger partial charge in [-0.25, -0.2) is 4.79 Å². The van der Waals surface area contributed by atoms with Crippen molar-refractivity contribution in [3.63, 3.8) is 0 Å². The summed E-state index contributed by atoms with van der Waals surface area (Å²) in [5.74, 6) is 1.39. The minimum Gasteiger partial charge on any atom is -0.495 e. The first kappa shape index (κ1) is 19.1. The largest absolute Gasteiger partial charge is 0.495 e. The van der Waals surface area contributed by atoms with E-state index in [0.29, 0.717) is 11.4 Å². The molecule has 138 valence electrons. The molecule has 0 fully saturated rings. The lowest BCUT2D eigenvalue weighted by atomic mass is 10.2. The van der Waals surface area contributed by atoms with Gasteiger partial charge in [0.15, 0.2) is 0 Å². The number of nitrogens with one attached hydrogen (secondary N) is 2. The van der Waals surface area contributed by atoms with Crippen molar-refractivity contribution in [3.05, 3.63) is 83.4 Å². The second kappa shape index (κ2) is 9.35. The molecule has 0 radical (unpaired) electrons. The number of rotatable bonds is 6. The monoisotopic (exact) mass is 398 g/mol. The molecule has 0 aromatic heterocycles. The zero-order valence-corrected chi connectivity index (χ0v) is 16.3. The molecule has 0 aliphatic carbocycles. The molecule has 3 rings (SSSR count). The van der Waals surface area contributed by atoms with Gasteiger partial charge < -0.3 is 15.4 Å². The summed E-state index contributed by atoms with van der Waals surface area (Å²) in [6.07, 6.45) is 0. The van der Waals surface area contributed by atoms with E-state index in [9.17, 15) is 4.79 Å². The minimum atomic E-state index is -0.320. The van der Waals surface area contributed by atoms with Gasteiger partial charge in [-0.2, -0.15) is 0 Å². The van der Waals surface area contributed by atoms with Crippen molar-refractivity contribution >= 4 is 40.8 Å². The lowest BCUT2D eigenvalue weighted by Crippen LogP contribution is -2.20. The predicted molar refractivity (Wildman–Crippen MR) is 113 cm³/mol. The highest BCUT2D eigenvalue weighted by molar-refractivity contribution is 7.98. The van der Waals surface area contributed by atoms with E-state index in [1.54, 1.807) is 31.0 Å². The molecule has 2 N–H and O–H groups in total. The van der Waals surface area contributed by atoms with E-state index in [-0.39, 0.29) is 6.03 Å². The molecule has 3 aromatic rings. The fraction of sp³-hybridized carbons (Fsp3) is 0.0952. The summed E-state index contributed by atoms with van der Waals surface area (Å²) in [6.45, 7) is 0. The number of amides is 2. The average molecular weight is 399 g/mol. The number of halogens is 1. The first-order chi connectivity index (χ1) is 13.2. The Kier molecular flexibility index (Phi) is 6.63. The third-order valence-corrected chi connectivity index (χ3v) is 5.19. The Hall–Kier alpha value is -2.63. The van der Waals surface area contributed by atoms with Crippen molar-refractivity contribution in [2.75, 3.05) is 17.7 Å². The molecular formula is C21H19ClN2O2S. The molecule has 0 bridgehead atoms. The number of hydrogen-bond acceptors (Lipinski definition) is 3. The Morgan fingerprint density at radius 3 is 2.30 bits per heavy atom. The van der Waals surface area contributed by atoms with Crippen LogP contribution in [0.3, 0.4) is 0 Å². The number of carbonyl (C=O) groups is 1. The second-order valence-corrected chi connectivity index (χ2v) is 7.14. The summed E-state index contributed by atoms with van der Waals surface area (Å²) >= 11 is 7.58. The molecule has 0 saturated carbocycles. The summed E-state index contributed by atoms with van der Waals surface area (Å²) in [5, 5.41) is 6.45. The normalized spacial score (nSPS) is 10.3. The van der Waals surface area contributed by atoms with Crippen molar-refractivity contribution in [3.8, 4) is 5.75 Å². The second-order valence-electron chi connectivity index (χ2n) is 5.69. The molecule has 0 saturated heterocycles. The van der Waals surface area contributed by atoms with Crippen molar-refractivity contribution in [1.82, 2.24) is 0 Å². The average Bonchev–Trinajstić information content (AvgIpc) is 2.69. The lowest BCUT2D eigenvalue weighted by molar-refractivity contribution is 0.262. The number of urea groups is 1. The van der Waals surface area contributed by atoms with Crippen LogP contribution in [0.25, 0.3) is 0 Å². The van der Waals surface area contributed by atoms with Crippen LogP contribution in [0, 0.1) is 0 Å². The van der Waals surface area contributed by atoms with Crippen LogP contribution in [0.5, 0.6) is 5.75 Å². The van der Waals surface area contributed by atoms with E-state index < -0.39 is 0 Å². The maximum Gasteiger partial charge on any atom is 0.323 e. The molecule has 2 amide bonds. The van der Waals surface area contributed by atoms with Crippen LogP contribution in [-0.4, -0.2) is 13.1 Å². The van der Waals surface area contributed by atoms with Crippen LogP contribution in [0.2, 0.25) is 5.02 Å². The smallest absolute Gasteiger partial charge is 0.323 e. The minimum absolute atomic E-state index is 0.320. The Bertz CT molecular complexity index is 916. The quantitative estimate of drug-likeness (QED) is 0.480. The maximum atomic E-state index is 12.4. The number of thioether (sulfide) groups is 1. The van der Waals surface area contributed by atoms with Gasteiger partial charge in [0.2, 0.25) is 0 Å². The summed E-state index contributed by atoms with van der Waals surface area (Å²) in [6, 6.07) is 22.4. The van der Waals surface area contributed by atoms with Crippen LogP contribution in [0.1, 0.15) is 5.56 Å². The maximum absolute atomic E-state index is 12.4. The fourth-order valence-corrected chi connectivity index (χ4v) is 3.55. The van der Waals surface area contributed by atoms with Crippen molar-refractivity contribution < 1.29 is 9.53 Å². The van der Waals surface area contributed by atoms with Gasteiger partial charge in [0.05, 0.1) is 18.5 Å². The summed E-state index contributed by atoms with van der Waals surface area (Å²) in [7, 11) is 1.57. The SMILES string of the molecule is COc1ccccc1NC(=O)Nc1ccccc1SCc1ccc(Cl)cc1. The van der Waals surface area contributed by atoms with Gasteiger partial charge in [-0.15, -0.1) is 11.8 Å². The molecule has 4 nitrogen and oxygen atoms in total. The molecule has 6 heteroatoms. The number of hydrogen-bond donors (Lipinski definition) is 2. The zero-order valence-electron chi connectivity index (χ0n) is 14.7. The predicted octanol–water partition coefficient (Wildman–Crippen LogP) is 6.28. The van der Waals surface area contributed by atoms with Crippen LogP contribution in [0.4, 0.5) is 16.2 Å². The first-order valence-electron chi connectivity index (χ1n) is 8.33. The van der Waals surface area contributed by atoms with Gasteiger partial charge in [0, 0.05) is 15.7 Å². The Balaban J connectivity index is 1.66. The number of carbonyl (C=O) groups excluding carboxylic acids is 1. The van der Waals surface area contributed by atoms with Crippen LogP contribution >= 0.6 is 23.4 Å². The van der Waals surface area contributed by atoms with Crippen LogP contribution in [-0.2, 0) is 5.75 Å². The van der Waals surface area contributed by atoms with Crippen LogP contribution in [0.15, 0.2) is 77.7 Å². The van der Waals surface area contributed by atoms with E-state index in [0.717, 1.165) is 26.9 Å². The molecule has 27 heavy (non-hydrogen) atoms. The van der Waals surface area contributed by atoms with E-state index in [4.69, 9.17) is 16.3 Å². The Morgan fingerprint density at radius 1 is 0.926 bits per heavy atom. The van der Waals surface area contributed by atoms with E-state index >= 15 is 0 Å². The van der Waals surface area contributed by atoms with Gasteiger partial charge in [-0.1, -0.05) is 48.0 Å². The Labute approximate surface area is 167 Å². The van der Waals surface area contributed by atoms with Crippen molar-refractivity contribution in [1.29, 1.82) is 0 Å². The standard InChI is InChI=1S/C21H19ClN2O2S/c1-26-19-8-4-2-6-17(19)23-21(25)24-18-7-3-5-9-20(18)27-14-15-10-12-16(22)13-11-15/h2-13H,14H2,1H3,(H2,23,24,25). The highest BCUT2D eigenvalue weighted by atomic mass is 35.5. The third-order valence-electron chi connectivity index (χ3n) is 3.80. The molecular weight excluding hydrogens is 380 g/mol. The van der Waals surface area contributed by atoms with Gasteiger partial charge >= 0.3 is 6.03 Å². The third kappa shape index (κ3) is 5.42. The van der Waals surface area contributed by atoms with Gasteiger partial charge in [0.25, 0.3) is 0 Å². The van der Waals surface area contributed by atoms with Crippen molar-refractivity contribution in [2.45, 2.75) is 10.6 Å². The summed E-state index contributed by atoms with van der Waals surface area (Å²) in [4.78, 5) is 13.4. The highest BCUT2D eigenvalue weighted by Gasteiger charge is 2.10. The summed E-state index contributed by atoms with van der Waals surface area (Å²) < 4.78 is 5.26. The Morgan fingerprint density at radius 2 is 1.56 bits per heavy atom. The van der Waals surface area contributed by atoms with E-state index in [1.165, 1.54) is 0 Å². The zero-order chi connectivity index (χ0) is 19.1. The molecule has 0 spiro atoms. The van der Waals surface area contributed by atoms with Gasteiger partial charge in [-0.05, 0) is 42.0 Å². The van der Waals surface area contributed by atoms with Crippen LogP contribution < -0.4 is 15.4 Å². The number of ether oxygens (including phenoxy) is 1. The highest BCUT2D eigenvalue weighted by Crippen LogP contribution is 2.30. The summed E-state index contributed by atoms with van der Waals surface area (Å²) in [5.41, 5.74) is 2.53. The lowest BCUT2D eigenvalue weighted by Gasteiger charge is -2.13. The molecule has 0 unspecified atom stereocenters. The molecule has 0 aliphatic rings. The molecule has 0 atom stereocenters. The van der Waals surface area contributed by atoms with Gasteiger partial charge in [-0.3, -0.25) is 0 Å². The molecule has 0 heterocycles. The van der Waals surface area contributed by atoms with E-state index in [1.807, 2.05) is 60.7 Å². The first-order valence-corrected chi connectivity index (χ1v) is 9.69. The number of para-hydroxylation sites is 3. The number of methoxy groups -OCH3 is 1. The van der Waals surface area contributed by atoms with Gasteiger partial charge in [0.1, 0.15) is 5.75 Å². The molecule has 0 aliphatic heterocycles. The topological polar surface area (TPSA) is 50.4 Å². The number of anilines is 2. The fourth-order valence-electron chi connectivity index (χ4n) is 2.46. The van der Waals surface area contributed by atoms with E-state index in [2.05, 4.69) is 10.6 Å². The van der Waals surface area contributed by atoms with Crippen molar-refractivity contribution in [2.24, 2.45) is 0 Å². The molecule has 3 aromatic carbocycles.